The Morgan fingerprint density at radius 1 is 1.38 bits per heavy atom. The van der Waals surface area contributed by atoms with Crippen molar-refractivity contribution in [3.63, 3.8) is 0 Å². The smallest absolute Gasteiger partial charge is 0.326 e. The van der Waals surface area contributed by atoms with Crippen molar-refractivity contribution in [1.82, 2.24) is 15.3 Å². The Hall–Kier alpha value is -2.64. The number of allylic oxidation sites excluding steroid dienone is 1. The fraction of sp³-hybridized carbons (Fsp3) is 0.385. The minimum atomic E-state index is -1.14. The number of aromatic nitrogens is 2. The Bertz CT molecular complexity index is 510. The molecular weight excluding hydrogens is 278 g/mol. The number of hydrogen-bond acceptors (Lipinski definition) is 6. The summed E-state index contributed by atoms with van der Waals surface area (Å²) in [4.78, 5) is 31.0. The summed E-state index contributed by atoms with van der Waals surface area (Å²) < 4.78 is 9.95. The van der Waals surface area contributed by atoms with Gasteiger partial charge in [-0.05, 0) is 12.8 Å². The molecule has 0 bridgehead atoms. The lowest BCUT2D eigenvalue weighted by molar-refractivity contribution is -0.139. The predicted molar refractivity (Wildman–Crippen MR) is 73.5 cm³/mol. The van der Waals surface area contributed by atoms with E-state index < -0.39 is 17.9 Å². The van der Waals surface area contributed by atoms with E-state index in [1.54, 1.807) is 6.08 Å². The van der Waals surface area contributed by atoms with Gasteiger partial charge in [0.2, 0.25) is 11.8 Å². The molecule has 1 aromatic heterocycles. The minimum absolute atomic E-state index is 0.00668. The van der Waals surface area contributed by atoms with Crippen molar-refractivity contribution in [2.45, 2.75) is 18.9 Å². The van der Waals surface area contributed by atoms with Gasteiger partial charge in [0.05, 0.1) is 14.2 Å². The van der Waals surface area contributed by atoms with Crippen LogP contribution < -0.4 is 14.8 Å². The zero-order valence-electron chi connectivity index (χ0n) is 11.8. The molecule has 0 saturated carbocycles. The first-order valence-corrected chi connectivity index (χ1v) is 6.12. The van der Waals surface area contributed by atoms with E-state index >= 15 is 0 Å². The van der Waals surface area contributed by atoms with E-state index in [0.29, 0.717) is 6.42 Å². The molecule has 1 amide bonds. The van der Waals surface area contributed by atoms with Crippen LogP contribution in [0.4, 0.5) is 0 Å². The number of carboxylic acid groups (broad SMARTS) is 1. The second-order valence-electron chi connectivity index (χ2n) is 4.00. The van der Waals surface area contributed by atoms with E-state index in [4.69, 9.17) is 14.6 Å². The molecule has 114 valence electrons. The van der Waals surface area contributed by atoms with Gasteiger partial charge in [-0.25, -0.2) is 14.8 Å². The SMILES string of the molecule is C=CCCC(NC(=O)c1c(OC)ncnc1OC)C(=O)O. The van der Waals surface area contributed by atoms with Crippen LogP contribution in [0.2, 0.25) is 0 Å². The Kier molecular flexibility index (Phi) is 6.12. The first-order chi connectivity index (χ1) is 10.0. The van der Waals surface area contributed by atoms with Gasteiger partial charge in [-0.15, -0.1) is 6.58 Å². The van der Waals surface area contributed by atoms with Crippen LogP contribution in [-0.4, -0.2) is 47.2 Å². The zero-order valence-corrected chi connectivity index (χ0v) is 11.8. The van der Waals surface area contributed by atoms with Crippen molar-refractivity contribution < 1.29 is 24.2 Å². The van der Waals surface area contributed by atoms with Crippen LogP contribution in [0.15, 0.2) is 19.0 Å². The van der Waals surface area contributed by atoms with Crippen LogP contribution in [-0.2, 0) is 4.79 Å². The molecule has 0 fully saturated rings. The molecule has 8 nitrogen and oxygen atoms in total. The molecule has 1 heterocycles. The van der Waals surface area contributed by atoms with Gasteiger partial charge in [-0.1, -0.05) is 6.08 Å². The number of carbonyl (C=O) groups is 2. The molecule has 1 rings (SSSR count). The van der Waals surface area contributed by atoms with Gasteiger partial charge < -0.3 is 19.9 Å². The summed E-state index contributed by atoms with van der Waals surface area (Å²) >= 11 is 0. The highest BCUT2D eigenvalue weighted by molar-refractivity contribution is 6.00. The maximum atomic E-state index is 12.2. The molecule has 1 atom stereocenters. The van der Waals surface area contributed by atoms with E-state index in [1.807, 2.05) is 0 Å². The van der Waals surface area contributed by atoms with Crippen molar-refractivity contribution in [3.8, 4) is 11.8 Å². The lowest BCUT2D eigenvalue weighted by Gasteiger charge is -2.15. The lowest BCUT2D eigenvalue weighted by Crippen LogP contribution is -2.41. The van der Waals surface area contributed by atoms with Crippen molar-refractivity contribution >= 4 is 11.9 Å². The number of nitrogens with one attached hydrogen (secondary N) is 1. The second-order valence-corrected chi connectivity index (χ2v) is 4.00. The molecule has 8 heteroatoms. The highest BCUT2D eigenvalue weighted by Crippen LogP contribution is 2.23. The largest absolute Gasteiger partial charge is 0.480 e. The van der Waals surface area contributed by atoms with E-state index in [-0.39, 0.29) is 23.7 Å². The summed E-state index contributed by atoms with van der Waals surface area (Å²) in [6, 6.07) is -1.05. The highest BCUT2D eigenvalue weighted by atomic mass is 16.5. The quantitative estimate of drug-likeness (QED) is 0.677. The summed E-state index contributed by atoms with van der Waals surface area (Å²) in [5.41, 5.74) is -0.0487. The highest BCUT2D eigenvalue weighted by Gasteiger charge is 2.26. The third kappa shape index (κ3) is 4.16. The normalized spacial score (nSPS) is 11.3. The molecule has 0 radical (unpaired) electrons. The predicted octanol–water partition coefficient (Wildman–Crippen LogP) is 0.643. The van der Waals surface area contributed by atoms with Crippen LogP contribution in [0, 0.1) is 0 Å². The standard InChI is InChI=1S/C13H17N3O5/c1-4-5-6-8(13(18)19)16-10(17)9-11(20-2)14-7-15-12(9)21-3/h4,7-8H,1,5-6H2,2-3H3,(H,16,17)(H,18,19). The summed E-state index contributed by atoms with van der Waals surface area (Å²) in [5, 5.41) is 11.5. The van der Waals surface area contributed by atoms with Crippen molar-refractivity contribution in [2.75, 3.05) is 14.2 Å². The molecule has 1 aromatic rings. The van der Waals surface area contributed by atoms with Gasteiger partial charge in [0.15, 0.2) is 5.56 Å². The summed E-state index contributed by atoms with van der Waals surface area (Å²) in [7, 11) is 2.68. The van der Waals surface area contributed by atoms with E-state index in [0.717, 1.165) is 0 Å². The molecule has 0 aliphatic carbocycles. The average molecular weight is 295 g/mol. The maximum Gasteiger partial charge on any atom is 0.326 e. The first kappa shape index (κ1) is 16.4. The van der Waals surface area contributed by atoms with Crippen molar-refractivity contribution in [3.05, 3.63) is 24.5 Å². The van der Waals surface area contributed by atoms with Gasteiger partial charge in [0, 0.05) is 0 Å². The summed E-state index contributed by atoms with van der Waals surface area (Å²) in [5.74, 6) is -1.81. The fourth-order valence-electron chi connectivity index (χ4n) is 1.63. The molecule has 21 heavy (non-hydrogen) atoms. The number of nitrogens with zero attached hydrogens (tertiary/aromatic N) is 2. The third-order valence-corrected chi connectivity index (χ3v) is 2.65. The number of carboxylic acids is 1. The van der Waals surface area contributed by atoms with Gasteiger partial charge in [-0.3, -0.25) is 4.79 Å². The molecule has 0 aromatic carbocycles. The molecule has 1 unspecified atom stereocenters. The molecule has 0 saturated heterocycles. The zero-order chi connectivity index (χ0) is 15.8. The van der Waals surface area contributed by atoms with E-state index in [2.05, 4.69) is 21.9 Å². The molecule has 2 N–H and O–H groups in total. The van der Waals surface area contributed by atoms with Gasteiger partial charge >= 0.3 is 5.97 Å². The number of ether oxygens (including phenoxy) is 2. The number of methoxy groups -OCH3 is 2. The monoisotopic (exact) mass is 295 g/mol. The minimum Gasteiger partial charge on any atom is -0.480 e. The van der Waals surface area contributed by atoms with Gasteiger partial charge in [0.1, 0.15) is 12.4 Å². The molecular formula is C13H17N3O5. The summed E-state index contributed by atoms with van der Waals surface area (Å²) in [6.07, 6.45) is 3.44. The average Bonchev–Trinajstić information content (AvgIpc) is 2.49. The van der Waals surface area contributed by atoms with Crippen LogP contribution in [0.3, 0.4) is 0 Å². The molecule has 0 aliphatic heterocycles. The van der Waals surface area contributed by atoms with E-state index in [1.165, 1.54) is 20.5 Å². The van der Waals surface area contributed by atoms with Gasteiger partial charge in [-0.2, -0.15) is 0 Å². The molecule has 0 spiro atoms. The van der Waals surface area contributed by atoms with Crippen LogP contribution in [0.1, 0.15) is 23.2 Å². The molecule has 0 aliphatic rings. The number of amides is 1. The van der Waals surface area contributed by atoms with E-state index in [9.17, 15) is 9.59 Å². The number of carbonyl (C=O) groups excluding carboxylic acids is 1. The maximum absolute atomic E-state index is 12.2. The first-order valence-electron chi connectivity index (χ1n) is 6.12. The summed E-state index contributed by atoms with van der Waals surface area (Å²) in [6.45, 7) is 3.52. The van der Waals surface area contributed by atoms with Crippen molar-refractivity contribution in [1.29, 1.82) is 0 Å². The van der Waals surface area contributed by atoms with Crippen LogP contribution in [0.25, 0.3) is 0 Å². The Balaban J connectivity index is 3.01. The number of aliphatic carboxylic acids is 1. The number of hydrogen-bond donors (Lipinski definition) is 2. The second kappa shape index (κ2) is 7.83. The number of rotatable bonds is 8. The lowest BCUT2D eigenvalue weighted by atomic mass is 10.1. The Morgan fingerprint density at radius 3 is 2.38 bits per heavy atom. The van der Waals surface area contributed by atoms with Crippen LogP contribution in [0.5, 0.6) is 11.8 Å². The van der Waals surface area contributed by atoms with Crippen molar-refractivity contribution in [2.24, 2.45) is 0 Å². The van der Waals surface area contributed by atoms with Crippen LogP contribution >= 0.6 is 0 Å². The Labute approximate surface area is 121 Å². The fourth-order valence-corrected chi connectivity index (χ4v) is 1.63. The topological polar surface area (TPSA) is 111 Å². The Morgan fingerprint density at radius 2 is 1.95 bits per heavy atom. The third-order valence-electron chi connectivity index (χ3n) is 2.65. The van der Waals surface area contributed by atoms with Gasteiger partial charge in [0.25, 0.3) is 5.91 Å².